The summed E-state index contributed by atoms with van der Waals surface area (Å²) in [6, 6.07) is 0. The van der Waals surface area contributed by atoms with Gasteiger partial charge in [0, 0.05) is 31.6 Å². The maximum absolute atomic E-state index is 12.3. The molecule has 2 saturated heterocycles. The first kappa shape index (κ1) is 12.6. The van der Waals surface area contributed by atoms with Crippen molar-refractivity contribution < 1.29 is 8.42 Å². The van der Waals surface area contributed by atoms with Crippen molar-refractivity contribution in [3.05, 3.63) is 0 Å². The summed E-state index contributed by atoms with van der Waals surface area (Å²) >= 11 is 5.96. The minimum absolute atomic E-state index is 0.0167. The van der Waals surface area contributed by atoms with E-state index in [1.165, 1.54) is 4.31 Å². The molecule has 0 spiro atoms. The van der Waals surface area contributed by atoms with Crippen LogP contribution in [-0.2, 0) is 10.2 Å². The fourth-order valence-corrected chi connectivity index (χ4v) is 4.60. The largest absolute Gasteiger partial charge is 0.282 e. The second-order valence-corrected chi connectivity index (χ2v) is 7.40. The molecule has 2 rings (SSSR count). The molecule has 0 radical (unpaired) electrons. The second-order valence-electron chi connectivity index (χ2n) is 4.86. The molecule has 0 aromatic heterocycles. The number of piperidine rings is 1. The number of nitrogens with zero attached hydrogens (tertiary/aromatic N) is 2. The molecule has 2 heterocycles. The zero-order valence-corrected chi connectivity index (χ0v) is 11.2. The molecule has 0 aliphatic carbocycles. The molecule has 16 heavy (non-hydrogen) atoms. The van der Waals surface area contributed by atoms with Gasteiger partial charge in [0.2, 0.25) is 0 Å². The van der Waals surface area contributed by atoms with Gasteiger partial charge in [0.1, 0.15) is 0 Å². The average Bonchev–Trinajstić information content (AvgIpc) is 2.65. The fourth-order valence-electron chi connectivity index (χ4n) is 2.42. The Bertz CT molecular complexity index is 347. The predicted molar refractivity (Wildman–Crippen MR) is 64.7 cm³/mol. The first-order chi connectivity index (χ1) is 7.50. The van der Waals surface area contributed by atoms with Crippen molar-refractivity contribution in [2.75, 3.05) is 26.2 Å². The van der Waals surface area contributed by atoms with E-state index in [1.54, 1.807) is 4.31 Å². The van der Waals surface area contributed by atoms with E-state index in [-0.39, 0.29) is 5.38 Å². The van der Waals surface area contributed by atoms with E-state index in [1.807, 2.05) is 0 Å². The van der Waals surface area contributed by atoms with Crippen LogP contribution in [-0.4, -0.2) is 48.6 Å². The van der Waals surface area contributed by atoms with Crippen molar-refractivity contribution in [3.63, 3.8) is 0 Å². The average molecular weight is 267 g/mol. The molecule has 2 aliphatic rings. The molecule has 0 aromatic carbocycles. The van der Waals surface area contributed by atoms with E-state index >= 15 is 0 Å². The zero-order chi connectivity index (χ0) is 11.8. The monoisotopic (exact) mass is 266 g/mol. The van der Waals surface area contributed by atoms with Crippen LogP contribution in [0, 0.1) is 5.92 Å². The highest BCUT2D eigenvalue weighted by atomic mass is 35.5. The Balaban J connectivity index is 2.06. The molecule has 0 aromatic rings. The summed E-state index contributed by atoms with van der Waals surface area (Å²) in [4.78, 5) is 0. The summed E-state index contributed by atoms with van der Waals surface area (Å²) < 4.78 is 27.7. The highest BCUT2D eigenvalue weighted by Gasteiger charge is 2.36. The van der Waals surface area contributed by atoms with E-state index < -0.39 is 10.2 Å². The Morgan fingerprint density at radius 1 is 1.12 bits per heavy atom. The van der Waals surface area contributed by atoms with Gasteiger partial charge in [0.25, 0.3) is 10.2 Å². The Hall–Kier alpha value is 0.160. The van der Waals surface area contributed by atoms with Crippen LogP contribution < -0.4 is 0 Å². The summed E-state index contributed by atoms with van der Waals surface area (Å²) in [5, 5.41) is -0.0167. The van der Waals surface area contributed by atoms with Gasteiger partial charge in [-0.3, -0.25) is 0 Å². The van der Waals surface area contributed by atoms with Crippen molar-refractivity contribution in [2.24, 2.45) is 5.92 Å². The Kier molecular flexibility index (Phi) is 3.79. The molecule has 94 valence electrons. The lowest BCUT2D eigenvalue weighted by Crippen LogP contribution is -2.46. The maximum Gasteiger partial charge on any atom is 0.282 e. The smallest absolute Gasteiger partial charge is 0.195 e. The lowest BCUT2D eigenvalue weighted by atomic mass is 10.0. The van der Waals surface area contributed by atoms with E-state index in [0.717, 1.165) is 19.3 Å². The molecule has 6 heteroatoms. The second kappa shape index (κ2) is 4.80. The lowest BCUT2D eigenvalue weighted by Gasteiger charge is -2.32. The molecule has 0 saturated carbocycles. The van der Waals surface area contributed by atoms with Gasteiger partial charge in [-0.05, 0) is 25.2 Å². The van der Waals surface area contributed by atoms with E-state index in [9.17, 15) is 8.42 Å². The van der Waals surface area contributed by atoms with Crippen LogP contribution in [0.1, 0.15) is 26.2 Å². The summed E-state index contributed by atoms with van der Waals surface area (Å²) in [6.07, 6.45) is 2.87. The third-order valence-corrected chi connectivity index (χ3v) is 5.69. The summed E-state index contributed by atoms with van der Waals surface area (Å²) in [5.74, 6) is 0.470. The van der Waals surface area contributed by atoms with Gasteiger partial charge in [0.05, 0.1) is 0 Å². The van der Waals surface area contributed by atoms with Crippen LogP contribution >= 0.6 is 11.6 Å². The standard InChI is InChI=1S/C10H19ClN2O2S/c1-9-3-2-5-12(7-9)16(14,15)13-6-4-10(11)8-13/h9-10H,2-8H2,1H3. The van der Waals surface area contributed by atoms with Crippen molar-refractivity contribution in [1.82, 2.24) is 8.61 Å². The normalized spacial score (nSPS) is 34.4. The van der Waals surface area contributed by atoms with E-state index in [2.05, 4.69) is 6.92 Å². The molecule has 2 aliphatic heterocycles. The number of hydrogen-bond donors (Lipinski definition) is 0. The number of halogens is 1. The molecule has 2 unspecified atom stereocenters. The number of hydrogen-bond acceptors (Lipinski definition) is 2. The van der Waals surface area contributed by atoms with Crippen molar-refractivity contribution in [3.8, 4) is 0 Å². The van der Waals surface area contributed by atoms with Gasteiger partial charge in [-0.25, -0.2) is 0 Å². The van der Waals surface area contributed by atoms with Crippen LogP contribution in [0.15, 0.2) is 0 Å². The molecule has 2 fully saturated rings. The van der Waals surface area contributed by atoms with Gasteiger partial charge in [-0.1, -0.05) is 6.92 Å². The predicted octanol–water partition coefficient (Wildman–Crippen LogP) is 1.28. The minimum atomic E-state index is -3.25. The molecular formula is C10H19ClN2O2S. The highest BCUT2D eigenvalue weighted by Crippen LogP contribution is 2.24. The molecule has 0 amide bonds. The van der Waals surface area contributed by atoms with Crippen molar-refractivity contribution >= 4 is 21.8 Å². The topological polar surface area (TPSA) is 40.6 Å². The summed E-state index contributed by atoms with van der Waals surface area (Å²) in [5.41, 5.74) is 0. The van der Waals surface area contributed by atoms with Crippen LogP contribution in [0.5, 0.6) is 0 Å². The molecule has 0 bridgehead atoms. The highest BCUT2D eigenvalue weighted by molar-refractivity contribution is 7.86. The Morgan fingerprint density at radius 2 is 1.81 bits per heavy atom. The Labute approximate surface area is 103 Å². The van der Waals surface area contributed by atoms with Gasteiger partial charge in [-0.2, -0.15) is 17.0 Å². The SMILES string of the molecule is CC1CCCN(S(=O)(=O)N2CCC(Cl)C2)C1. The molecule has 2 atom stereocenters. The molecule has 0 N–H and O–H groups in total. The third-order valence-electron chi connectivity index (χ3n) is 3.37. The quantitative estimate of drug-likeness (QED) is 0.707. The minimum Gasteiger partial charge on any atom is -0.195 e. The van der Waals surface area contributed by atoms with E-state index in [0.29, 0.717) is 32.1 Å². The first-order valence-electron chi connectivity index (χ1n) is 5.89. The lowest BCUT2D eigenvalue weighted by molar-refractivity contribution is 0.264. The van der Waals surface area contributed by atoms with Crippen LogP contribution in [0.4, 0.5) is 0 Å². The summed E-state index contributed by atoms with van der Waals surface area (Å²) in [7, 11) is -3.25. The molecule has 4 nitrogen and oxygen atoms in total. The first-order valence-corrected chi connectivity index (χ1v) is 7.73. The van der Waals surface area contributed by atoms with Gasteiger partial charge in [0.15, 0.2) is 0 Å². The van der Waals surface area contributed by atoms with Crippen LogP contribution in [0.2, 0.25) is 0 Å². The fraction of sp³-hybridized carbons (Fsp3) is 1.00. The van der Waals surface area contributed by atoms with Crippen LogP contribution in [0.3, 0.4) is 0 Å². The van der Waals surface area contributed by atoms with Crippen molar-refractivity contribution in [2.45, 2.75) is 31.6 Å². The summed E-state index contributed by atoms with van der Waals surface area (Å²) in [6.45, 7) is 4.47. The number of rotatable bonds is 2. The zero-order valence-electron chi connectivity index (χ0n) is 9.60. The number of alkyl halides is 1. The van der Waals surface area contributed by atoms with Gasteiger partial charge in [-0.15, -0.1) is 11.6 Å². The maximum atomic E-state index is 12.3. The van der Waals surface area contributed by atoms with Crippen LogP contribution in [0.25, 0.3) is 0 Å². The van der Waals surface area contributed by atoms with Gasteiger partial charge < -0.3 is 0 Å². The molecular weight excluding hydrogens is 248 g/mol. The third kappa shape index (κ3) is 2.53. The Morgan fingerprint density at radius 3 is 2.38 bits per heavy atom. The van der Waals surface area contributed by atoms with E-state index in [4.69, 9.17) is 11.6 Å². The van der Waals surface area contributed by atoms with Crippen molar-refractivity contribution in [1.29, 1.82) is 0 Å². The van der Waals surface area contributed by atoms with Gasteiger partial charge >= 0.3 is 0 Å².